The van der Waals surface area contributed by atoms with E-state index in [0.29, 0.717) is 21.7 Å². The number of hydrogen-bond acceptors (Lipinski definition) is 0. The van der Waals surface area contributed by atoms with Crippen molar-refractivity contribution in [1.29, 1.82) is 0 Å². The maximum atomic E-state index is 2.71. The minimum Gasteiger partial charge on any atom is -0.0851 e. The van der Waals surface area contributed by atoms with Crippen molar-refractivity contribution in [3.63, 3.8) is 0 Å². The summed E-state index contributed by atoms with van der Waals surface area (Å²) < 4.78 is 0. The SMILES string of the molecule is CCC(C=C[C@@H](C)[C@H]1CC[C@H]2[C@@H]3CCC4=CCCC[C@]4(C)[C@H]3CC[C@]12C)C(C)C.CCC(C=C[C@@H](C)[C@H]1CC[C@H]2[C@@H]3CCC4=CCCC[C@]4(C)[C@H]3CC[C@]12C)C(C)C. The van der Waals surface area contributed by atoms with Gasteiger partial charge < -0.3 is 0 Å². The summed E-state index contributed by atoms with van der Waals surface area (Å²) in [6.07, 6.45) is 44.6. The summed E-state index contributed by atoms with van der Waals surface area (Å²) in [5.41, 5.74) is 6.01. The molecule has 0 saturated heterocycles. The minimum absolute atomic E-state index is 0.553. The van der Waals surface area contributed by atoms with E-state index < -0.39 is 0 Å². The monoisotopic (exact) mass is 793 g/mol. The second-order valence-electron chi connectivity index (χ2n) is 24.5. The normalized spacial score (nSPS) is 44.2. The Kier molecular flexibility index (Phi) is 13.9. The quantitative estimate of drug-likeness (QED) is 0.193. The van der Waals surface area contributed by atoms with Crippen LogP contribution in [0.25, 0.3) is 0 Å². The van der Waals surface area contributed by atoms with Crippen molar-refractivity contribution in [3.05, 3.63) is 47.6 Å². The van der Waals surface area contributed by atoms with Crippen LogP contribution < -0.4 is 0 Å². The molecule has 328 valence electrons. The van der Waals surface area contributed by atoms with Gasteiger partial charge in [-0.05, 0) is 233 Å². The zero-order valence-corrected chi connectivity index (χ0v) is 40.7. The third-order valence-corrected chi connectivity index (χ3v) is 21.4. The van der Waals surface area contributed by atoms with Crippen LogP contribution in [0, 0.1) is 105 Å². The molecule has 0 radical (unpaired) electrons. The average Bonchev–Trinajstić information content (AvgIpc) is 3.74. The summed E-state index contributed by atoms with van der Waals surface area (Å²) in [5, 5.41) is 0. The van der Waals surface area contributed by atoms with E-state index in [4.69, 9.17) is 0 Å². The van der Waals surface area contributed by atoms with Crippen molar-refractivity contribution >= 4 is 0 Å². The predicted octanol–water partition coefficient (Wildman–Crippen LogP) is 17.7. The molecule has 0 heterocycles. The predicted molar refractivity (Wildman–Crippen MR) is 253 cm³/mol. The first-order valence-corrected chi connectivity index (χ1v) is 26.4. The molecule has 0 bridgehead atoms. The summed E-state index contributed by atoms with van der Waals surface area (Å²) in [4.78, 5) is 0. The Bertz CT molecular complexity index is 1390. The zero-order chi connectivity index (χ0) is 41.6. The first-order valence-electron chi connectivity index (χ1n) is 26.4. The standard InChI is InChI=1S/2C29H48/c2*1-7-22(20(2)3)12-11-21(4)25-15-16-26-24-14-13-23-10-8-9-18-28(23,5)27(24)17-19-29(25,26)6/h2*10-12,20-22,24-27H,7-9,13-19H2,1-6H3/t2*21-,22?,24+,25-,26+,27+,28+,29-/m11/s1. The first kappa shape index (κ1) is 45.0. The highest BCUT2D eigenvalue weighted by molar-refractivity contribution is 5.25. The summed E-state index contributed by atoms with van der Waals surface area (Å²) in [6.45, 7) is 30.1. The van der Waals surface area contributed by atoms with Crippen molar-refractivity contribution in [3.8, 4) is 0 Å². The lowest BCUT2D eigenvalue weighted by Crippen LogP contribution is -2.50. The van der Waals surface area contributed by atoms with Gasteiger partial charge in [0.1, 0.15) is 0 Å². The van der Waals surface area contributed by atoms with E-state index in [1.165, 1.54) is 128 Å². The van der Waals surface area contributed by atoms with Gasteiger partial charge >= 0.3 is 0 Å². The van der Waals surface area contributed by atoms with E-state index in [-0.39, 0.29) is 0 Å². The molecule has 0 aromatic heterocycles. The minimum atomic E-state index is 0.553. The Morgan fingerprint density at radius 3 is 1.26 bits per heavy atom. The first-order chi connectivity index (χ1) is 27.6. The van der Waals surface area contributed by atoms with Gasteiger partial charge in [-0.1, -0.05) is 131 Å². The summed E-state index contributed by atoms with van der Waals surface area (Å²) in [5.74, 6) is 12.3. The molecule has 6 fully saturated rings. The summed E-state index contributed by atoms with van der Waals surface area (Å²) >= 11 is 0. The number of allylic oxidation sites excluding steroid dienone is 8. The van der Waals surface area contributed by atoms with Crippen LogP contribution in [0.3, 0.4) is 0 Å². The second-order valence-corrected chi connectivity index (χ2v) is 24.5. The van der Waals surface area contributed by atoms with E-state index in [1.807, 2.05) is 11.1 Å². The van der Waals surface area contributed by atoms with Crippen LogP contribution in [0.2, 0.25) is 0 Å². The number of fused-ring (bicyclic) bond motifs is 10. The Morgan fingerprint density at radius 2 is 0.897 bits per heavy atom. The van der Waals surface area contributed by atoms with Gasteiger partial charge in [0, 0.05) is 0 Å². The van der Waals surface area contributed by atoms with Crippen molar-refractivity contribution in [1.82, 2.24) is 0 Å². The maximum absolute atomic E-state index is 2.71. The van der Waals surface area contributed by atoms with Crippen molar-refractivity contribution < 1.29 is 0 Å². The fourth-order valence-corrected chi connectivity index (χ4v) is 17.9. The lowest BCUT2D eigenvalue weighted by atomic mass is 9.46. The molecule has 0 amide bonds. The lowest BCUT2D eigenvalue weighted by Gasteiger charge is -2.58. The molecule has 0 N–H and O–H groups in total. The van der Waals surface area contributed by atoms with Crippen molar-refractivity contribution in [2.45, 2.75) is 212 Å². The highest BCUT2D eigenvalue weighted by Gasteiger charge is 2.60. The second kappa shape index (κ2) is 18.0. The molecule has 0 aromatic carbocycles. The fourth-order valence-electron chi connectivity index (χ4n) is 17.9. The molecule has 58 heavy (non-hydrogen) atoms. The Morgan fingerprint density at radius 1 is 0.500 bits per heavy atom. The molecule has 8 rings (SSSR count). The molecule has 0 spiro atoms. The van der Waals surface area contributed by atoms with Crippen molar-refractivity contribution in [2.75, 3.05) is 0 Å². The van der Waals surface area contributed by atoms with Crippen LogP contribution in [0.1, 0.15) is 212 Å². The van der Waals surface area contributed by atoms with Crippen LogP contribution in [0.4, 0.5) is 0 Å². The third-order valence-electron chi connectivity index (χ3n) is 21.4. The van der Waals surface area contributed by atoms with Crippen LogP contribution in [-0.2, 0) is 0 Å². The third kappa shape index (κ3) is 8.05. The highest BCUT2D eigenvalue weighted by atomic mass is 14.6. The van der Waals surface area contributed by atoms with Crippen LogP contribution >= 0.6 is 0 Å². The summed E-state index contributed by atoms with van der Waals surface area (Å²) in [7, 11) is 0. The van der Waals surface area contributed by atoms with E-state index in [2.05, 4.69) is 120 Å². The Balaban J connectivity index is 0.000000177. The Labute approximate surface area is 362 Å². The fraction of sp³-hybridized carbons (Fsp3) is 0.862. The molecule has 0 aliphatic heterocycles. The van der Waals surface area contributed by atoms with Gasteiger partial charge in [-0.25, -0.2) is 0 Å². The van der Waals surface area contributed by atoms with Gasteiger partial charge in [0.05, 0.1) is 0 Å². The van der Waals surface area contributed by atoms with Gasteiger partial charge in [-0.15, -0.1) is 0 Å². The molecule has 16 atom stereocenters. The van der Waals surface area contributed by atoms with Gasteiger partial charge in [-0.2, -0.15) is 0 Å². The van der Waals surface area contributed by atoms with Gasteiger partial charge in [0.2, 0.25) is 0 Å². The maximum Gasteiger partial charge on any atom is -0.00853 e. The van der Waals surface area contributed by atoms with E-state index in [1.54, 1.807) is 0 Å². The van der Waals surface area contributed by atoms with Crippen LogP contribution in [0.5, 0.6) is 0 Å². The molecule has 0 heteroatoms. The van der Waals surface area contributed by atoms with Crippen LogP contribution in [-0.4, -0.2) is 0 Å². The van der Waals surface area contributed by atoms with Gasteiger partial charge in [-0.3, -0.25) is 0 Å². The molecule has 0 aromatic rings. The largest absolute Gasteiger partial charge is 0.0851 e. The van der Waals surface area contributed by atoms with Crippen LogP contribution in [0.15, 0.2) is 47.6 Å². The molecular formula is C58H96. The average molecular weight is 793 g/mol. The van der Waals surface area contributed by atoms with Gasteiger partial charge in [0.15, 0.2) is 0 Å². The van der Waals surface area contributed by atoms with E-state index in [9.17, 15) is 0 Å². The molecule has 8 aliphatic rings. The van der Waals surface area contributed by atoms with E-state index >= 15 is 0 Å². The topological polar surface area (TPSA) is 0 Å². The lowest BCUT2D eigenvalue weighted by molar-refractivity contribution is -0.0558. The molecular weight excluding hydrogens is 697 g/mol. The van der Waals surface area contributed by atoms with Crippen molar-refractivity contribution in [2.24, 2.45) is 105 Å². The molecule has 8 aliphatic carbocycles. The number of hydrogen-bond donors (Lipinski definition) is 0. The molecule has 0 nitrogen and oxygen atoms in total. The van der Waals surface area contributed by atoms with Gasteiger partial charge in [0.25, 0.3) is 0 Å². The molecule has 2 unspecified atom stereocenters. The smallest absolute Gasteiger partial charge is 0.00853 e. The zero-order valence-electron chi connectivity index (χ0n) is 40.7. The highest BCUT2D eigenvalue weighted by Crippen LogP contribution is 2.69. The number of rotatable bonds is 10. The Hall–Kier alpha value is -1.04. The van der Waals surface area contributed by atoms with E-state index in [0.717, 1.165) is 82.9 Å². The summed E-state index contributed by atoms with van der Waals surface area (Å²) in [6, 6.07) is 0. The molecule has 6 saturated carbocycles.